The highest BCUT2D eigenvalue weighted by atomic mass is 16.5. The van der Waals surface area contributed by atoms with E-state index in [4.69, 9.17) is 9.47 Å². The molecule has 144 valence electrons. The standard InChI is InChI=1S/C21H17N4O4/c1-28-12-7-8-20(29-2)13(9-12)21-22-14-10-18-19(11-15(14)23-21)25(27)17-6-4-3-5-16(17)24(18)26/h3-11,26H,1-2H3,(H,22,23)/q+1. The van der Waals surface area contributed by atoms with Crippen molar-refractivity contribution in [1.29, 1.82) is 0 Å². The highest BCUT2D eigenvalue weighted by Gasteiger charge is 2.21. The molecule has 0 bridgehead atoms. The predicted octanol–water partition coefficient (Wildman–Crippen LogP) is 3.51. The highest BCUT2D eigenvalue weighted by molar-refractivity contribution is 5.94. The summed E-state index contributed by atoms with van der Waals surface area (Å²) in [6.07, 6.45) is 0. The molecular weight excluding hydrogens is 372 g/mol. The van der Waals surface area contributed by atoms with E-state index in [-0.39, 0.29) is 0 Å². The van der Waals surface area contributed by atoms with E-state index < -0.39 is 0 Å². The monoisotopic (exact) mass is 389 g/mol. The van der Waals surface area contributed by atoms with Crippen LogP contribution in [0.2, 0.25) is 0 Å². The maximum absolute atomic E-state index is 12.9. The molecule has 0 unspecified atom stereocenters. The van der Waals surface area contributed by atoms with Crippen molar-refractivity contribution >= 4 is 33.1 Å². The van der Waals surface area contributed by atoms with Crippen LogP contribution >= 0.6 is 0 Å². The van der Waals surface area contributed by atoms with Gasteiger partial charge in [-0.25, -0.2) is 4.98 Å². The van der Waals surface area contributed by atoms with Crippen LogP contribution in [0.3, 0.4) is 0 Å². The summed E-state index contributed by atoms with van der Waals surface area (Å²) in [5, 5.41) is 10.7. The van der Waals surface area contributed by atoms with Gasteiger partial charge in [-0.05, 0) is 30.3 Å². The highest BCUT2D eigenvalue weighted by Crippen LogP contribution is 2.33. The smallest absolute Gasteiger partial charge is 0.292 e. The molecule has 0 saturated heterocycles. The molecule has 0 aliphatic rings. The number of methoxy groups -OCH3 is 2. The lowest BCUT2D eigenvalue weighted by atomic mass is 10.2. The first-order valence-corrected chi connectivity index (χ1v) is 8.92. The lowest BCUT2D eigenvalue weighted by Crippen LogP contribution is -2.20. The largest absolute Gasteiger partial charge is 0.497 e. The number of aromatic amines is 1. The number of fused-ring (bicyclic) bond motifs is 3. The van der Waals surface area contributed by atoms with E-state index in [0.29, 0.717) is 50.4 Å². The molecule has 8 nitrogen and oxygen atoms in total. The van der Waals surface area contributed by atoms with Gasteiger partial charge in [-0.1, -0.05) is 12.1 Å². The molecule has 0 fully saturated rings. The van der Waals surface area contributed by atoms with Crippen molar-refractivity contribution < 1.29 is 19.1 Å². The van der Waals surface area contributed by atoms with Gasteiger partial charge in [0.1, 0.15) is 17.3 Å². The van der Waals surface area contributed by atoms with Gasteiger partial charge in [0, 0.05) is 17.0 Å². The first-order chi connectivity index (χ1) is 14.1. The van der Waals surface area contributed by atoms with E-state index in [0.717, 1.165) is 14.7 Å². The summed E-state index contributed by atoms with van der Waals surface area (Å²) in [7, 11) is 3.18. The minimum atomic E-state index is 0.314. The number of benzene rings is 3. The third-order valence-electron chi connectivity index (χ3n) is 5.02. The fraction of sp³-hybridized carbons (Fsp3) is 0.0952. The topological polar surface area (TPSA) is 95.3 Å². The van der Waals surface area contributed by atoms with E-state index >= 15 is 0 Å². The van der Waals surface area contributed by atoms with Gasteiger partial charge < -0.3 is 19.7 Å². The van der Waals surface area contributed by atoms with Crippen molar-refractivity contribution in [2.24, 2.45) is 0 Å². The molecule has 2 N–H and O–H groups in total. The average Bonchev–Trinajstić information content (AvgIpc) is 3.19. The Morgan fingerprint density at radius 1 is 1.00 bits per heavy atom. The maximum Gasteiger partial charge on any atom is 0.292 e. The zero-order valence-corrected chi connectivity index (χ0v) is 15.7. The number of nitrogens with one attached hydrogen (secondary N) is 1. The molecule has 5 rings (SSSR count). The molecule has 8 heteroatoms. The minimum absolute atomic E-state index is 0.314. The van der Waals surface area contributed by atoms with Crippen molar-refractivity contribution in [2.75, 3.05) is 14.2 Å². The van der Waals surface area contributed by atoms with Crippen LogP contribution in [0.15, 0.2) is 54.6 Å². The number of imidazole rings is 1. The molecule has 0 aliphatic carbocycles. The van der Waals surface area contributed by atoms with Crippen LogP contribution in [-0.4, -0.2) is 34.1 Å². The SMILES string of the molecule is COc1ccc(OC)c(-c2nc3cc4c(cc3[nH]2)n(O)c2ccccc2[n+]4=O)c1. The van der Waals surface area contributed by atoms with Crippen LogP contribution in [0.1, 0.15) is 0 Å². The number of hydrogen-bond donors (Lipinski definition) is 2. The Bertz CT molecular complexity index is 1470. The van der Waals surface area contributed by atoms with Gasteiger partial charge in [0.25, 0.3) is 11.0 Å². The molecule has 0 radical (unpaired) electrons. The number of aromatic nitrogens is 4. The van der Waals surface area contributed by atoms with Gasteiger partial charge in [-0.2, -0.15) is 4.73 Å². The molecule has 0 atom stereocenters. The summed E-state index contributed by atoms with van der Waals surface area (Å²) in [6, 6.07) is 15.7. The molecule has 0 saturated carbocycles. The van der Waals surface area contributed by atoms with Gasteiger partial charge in [-0.15, -0.1) is 0 Å². The van der Waals surface area contributed by atoms with E-state index in [1.165, 1.54) is 0 Å². The third-order valence-corrected chi connectivity index (χ3v) is 5.02. The van der Waals surface area contributed by atoms with Gasteiger partial charge in [-0.3, -0.25) is 0 Å². The Kier molecular flexibility index (Phi) is 3.67. The van der Waals surface area contributed by atoms with Crippen LogP contribution < -0.4 is 13.9 Å². The van der Waals surface area contributed by atoms with E-state index in [1.807, 2.05) is 6.07 Å². The fourth-order valence-corrected chi connectivity index (χ4v) is 3.57. The van der Waals surface area contributed by atoms with Gasteiger partial charge in [0.15, 0.2) is 11.0 Å². The Morgan fingerprint density at radius 2 is 1.83 bits per heavy atom. The lowest BCUT2D eigenvalue weighted by Gasteiger charge is -2.08. The third kappa shape index (κ3) is 2.49. The summed E-state index contributed by atoms with van der Waals surface area (Å²) >= 11 is 0. The second-order valence-electron chi connectivity index (χ2n) is 6.60. The van der Waals surface area contributed by atoms with E-state index in [9.17, 15) is 10.1 Å². The summed E-state index contributed by atoms with van der Waals surface area (Å²) < 4.78 is 12.6. The van der Waals surface area contributed by atoms with Crippen LogP contribution in [0.25, 0.3) is 44.5 Å². The molecule has 2 heterocycles. The van der Waals surface area contributed by atoms with Crippen LogP contribution in [-0.2, 0) is 0 Å². The fourth-order valence-electron chi connectivity index (χ4n) is 3.57. The van der Waals surface area contributed by atoms with E-state index in [2.05, 4.69) is 9.97 Å². The predicted molar refractivity (Wildman–Crippen MR) is 108 cm³/mol. The maximum atomic E-state index is 12.9. The molecular formula is C21H17N4O4+. The minimum Gasteiger partial charge on any atom is -0.497 e. The molecule has 0 spiro atoms. The second kappa shape index (κ2) is 6.23. The molecule has 29 heavy (non-hydrogen) atoms. The van der Waals surface area contributed by atoms with E-state index in [1.54, 1.807) is 62.8 Å². The number of H-pyrrole nitrogens is 1. The van der Waals surface area contributed by atoms with Gasteiger partial charge >= 0.3 is 0 Å². The van der Waals surface area contributed by atoms with Crippen LogP contribution in [0.5, 0.6) is 11.5 Å². The molecule has 3 aromatic carbocycles. The number of hydrogen-bond acceptors (Lipinski definition) is 5. The van der Waals surface area contributed by atoms with Crippen molar-refractivity contribution in [1.82, 2.24) is 14.7 Å². The number of nitrogens with zero attached hydrogens (tertiary/aromatic N) is 3. The lowest BCUT2D eigenvalue weighted by molar-refractivity contribution is -0.433. The number of para-hydroxylation sites is 2. The normalized spacial score (nSPS) is 11.4. The second-order valence-corrected chi connectivity index (χ2v) is 6.60. The van der Waals surface area contributed by atoms with Crippen molar-refractivity contribution in [2.45, 2.75) is 0 Å². The van der Waals surface area contributed by atoms with Gasteiger partial charge in [0.2, 0.25) is 0 Å². The molecule has 5 aromatic rings. The summed E-state index contributed by atoms with van der Waals surface area (Å²) in [5.41, 5.74) is 3.47. The zero-order chi connectivity index (χ0) is 20.1. The van der Waals surface area contributed by atoms with Crippen molar-refractivity contribution in [3.8, 4) is 22.9 Å². The summed E-state index contributed by atoms with van der Waals surface area (Å²) in [5.74, 6) is 1.87. The first-order valence-electron chi connectivity index (χ1n) is 8.92. The number of ether oxygens (including phenoxy) is 2. The molecule has 0 amide bonds. The summed E-state index contributed by atoms with van der Waals surface area (Å²) in [6.45, 7) is 0. The van der Waals surface area contributed by atoms with Gasteiger partial charge in [0.05, 0.1) is 35.2 Å². The molecule has 2 aromatic heterocycles. The quantitative estimate of drug-likeness (QED) is 0.280. The number of rotatable bonds is 3. The average molecular weight is 389 g/mol. The molecule has 0 aliphatic heterocycles. The Labute approximate surface area is 164 Å². The zero-order valence-electron chi connectivity index (χ0n) is 15.7. The Hall–Kier alpha value is -4.07. The Balaban J connectivity index is 1.81. The van der Waals surface area contributed by atoms with Crippen LogP contribution in [0, 0.1) is 4.91 Å². The van der Waals surface area contributed by atoms with Crippen LogP contribution in [0.4, 0.5) is 0 Å². The van der Waals surface area contributed by atoms with Crippen molar-refractivity contribution in [3.63, 3.8) is 0 Å². The Morgan fingerprint density at radius 3 is 2.62 bits per heavy atom. The first kappa shape index (κ1) is 17.1. The van der Waals surface area contributed by atoms with Crippen molar-refractivity contribution in [3.05, 3.63) is 59.5 Å². The summed E-state index contributed by atoms with van der Waals surface area (Å²) in [4.78, 5) is 20.7.